The second-order valence-electron chi connectivity index (χ2n) is 11.7. The molecule has 0 atom stereocenters. The number of fused-ring (bicyclic) bond motifs is 6. The standard InChI is InChI=1S/C44H29NO/c1-3-15-30(16-4-1)34-21-11-13-25-39(34)45(32-18-5-2-6-19-32)40-27-28-42-44(37-24-12-14-26-41(37)46-42)43(40)38-29-31-17-7-8-20-33(31)35-22-9-10-23-36(35)38/h1-29H. The van der Waals surface area contributed by atoms with Gasteiger partial charge in [0.1, 0.15) is 11.2 Å². The molecule has 2 heteroatoms. The molecule has 0 aliphatic carbocycles. The Balaban J connectivity index is 1.46. The Morgan fingerprint density at radius 3 is 1.85 bits per heavy atom. The summed E-state index contributed by atoms with van der Waals surface area (Å²) in [6.07, 6.45) is 0. The minimum Gasteiger partial charge on any atom is -0.456 e. The highest BCUT2D eigenvalue weighted by molar-refractivity contribution is 6.22. The lowest BCUT2D eigenvalue weighted by Crippen LogP contribution is -2.12. The van der Waals surface area contributed by atoms with Gasteiger partial charge in [-0.15, -0.1) is 0 Å². The van der Waals surface area contributed by atoms with Gasteiger partial charge in [-0.1, -0.05) is 133 Å². The number of rotatable bonds is 5. The summed E-state index contributed by atoms with van der Waals surface area (Å²) in [6, 6.07) is 62.7. The third-order valence-electron chi connectivity index (χ3n) is 9.04. The van der Waals surface area contributed by atoms with E-state index in [4.69, 9.17) is 4.42 Å². The van der Waals surface area contributed by atoms with Crippen molar-refractivity contribution in [2.24, 2.45) is 0 Å². The van der Waals surface area contributed by atoms with Gasteiger partial charge in [-0.25, -0.2) is 0 Å². The van der Waals surface area contributed by atoms with E-state index in [9.17, 15) is 0 Å². The molecular weight excluding hydrogens is 558 g/mol. The van der Waals surface area contributed by atoms with E-state index in [0.29, 0.717) is 0 Å². The van der Waals surface area contributed by atoms with E-state index >= 15 is 0 Å². The molecule has 0 bridgehead atoms. The molecule has 9 aromatic rings. The normalized spacial score (nSPS) is 11.5. The second kappa shape index (κ2) is 10.8. The largest absolute Gasteiger partial charge is 0.456 e. The van der Waals surface area contributed by atoms with Crippen LogP contribution in [0.15, 0.2) is 180 Å². The minimum absolute atomic E-state index is 0.876. The van der Waals surface area contributed by atoms with Gasteiger partial charge in [0.2, 0.25) is 0 Å². The number of nitrogens with zero attached hydrogens (tertiary/aromatic N) is 1. The van der Waals surface area contributed by atoms with Gasteiger partial charge in [-0.05, 0) is 75.1 Å². The van der Waals surface area contributed by atoms with Crippen molar-refractivity contribution in [2.45, 2.75) is 0 Å². The molecule has 0 saturated heterocycles. The molecule has 0 saturated carbocycles. The molecule has 0 fully saturated rings. The maximum absolute atomic E-state index is 6.53. The number of anilines is 3. The van der Waals surface area contributed by atoms with Crippen LogP contribution in [-0.4, -0.2) is 0 Å². The predicted octanol–water partition coefficient (Wildman–Crippen LogP) is 12.7. The van der Waals surface area contributed by atoms with Crippen LogP contribution in [0.1, 0.15) is 0 Å². The number of hydrogen-bond acceptors (Lipinski definition) is 2. The van der Waals surface area contributed by atoms with Crippen LogP contribution in [0.4, 0.5) is 17.1 Å². The molecule has 0 amide bonds. The fourth-order valence-corrected chi connectivity index (χ4v) is 7.04. The lowest BCUT2D eigenvalue weighted by atomic mass is 9.89. The summed E-state index contributed by atoms with van der Waals surface area (Å²) in [5, 5.41) is 7.14. The highest BCUT2D eigenvalue weighted by Gasteiger charge is 2.25. The third kappa shape index (κ3) is 4.19. The van der Waals surface area contributed by atoms with Crippen LogP contribution in [0.25, 0.3) is 65.7 Å². The summed E-state index contributed by atoms with van der Waals surface area (Å²) in [5.74, 6) is 0. The summed E-state index contributed by atoms with van der Waals surface area (Å²) < 4.78 is 6.53. The SMILES string of the molecule is c1ccc(-c2ccccc2N(c2ccccc2)c2ccc3oc4ccccc4c3c2-c2cc3ccccc3c3ccccc23)cc1. The highest BCUT2D eigenvalue weighted by Crippen LogP contribution is 2.50. The Bertz CT molecular complexity index is 2530. The van der Waals surface area contributed by atoms with E-state index in [2.05, 4.69) is 175 Å². The number of benzene rings is 8. The average Bonchev–Trinajstić information content (AvgIpc) is 3.51. The zero-order valence-corrected chi connectivity index (χ0v) is 25.1. The molecule has 9 rings (SSSR count). The van der Waals surface area contributed by atoms with Gasteiger partial charge in [-0.3, -0.25) is 0 Å². The van der Waals surface area contributed by atoms with Crippen LogP contribution in [0.3, 0.4) is 0 Å². The third-order valence-corrected chi connectivity index (χ3v) is 9.04. The van der Waals surface area contributed by atoms with Gasteiger partial charge >= 0.3 is 0 Å². The summed E-state index contributed by atoms with van der Waals surface area (Å²) >= 11 is 0. The topological polar surface area (TPSA) is 16.4 Å². The van der Waals surface area contributed by atoms with Crippen molar-refractivity contribution in [3.05, 3.63) is 176 Å². The lowest BCUT2D eigenvalue weighted by molar-refractivity contribution is 0.669. The molecule has 2 nitrogen and oxygen atoms in total. The van der Waals surface area contributed by atoms with E-state index in [1.165, 1.54) is 38.2 Å². The Kier molecular flexibility index (Phi) is 6.17. The average molecular weight is 588 g/mol. The number of para-hydroxylation sites is 3. The minimum atomic E-state index is 0.876. The molecule has 1 aromatic heterocycles. The van der Waals surface area contributed by atoms with Crippen LogP contribution in [0.5, 0.6) is 0 Å². The second-order valence-corrected chi connectivity index (χ2v) is 11.7. The molecule has 0 aliphatic heterocycles. The molecule has 0 aliphatic rings. The van der Waals surface area contributed by atoms with Gasteiger partial charge < -0.3 is 9.32 Å². The molecule has 0 unspecified atom stereocenters. The highest BCUT2D eigenvalue weighted by atomic mass is 16.3. The fraction of sp³-hybridized carbons (Fsp3) is 0. The van der Waals surface area contributed by atoms with E-state index in [1.54, 1.807) is 0 Å². The molecule has 216 valence electrons. The zero-order valence-electron chi connectivity index (χ0n) is 25.1. The molecular formula is C44H29NO. The van der Waals surface area contributed by atoms with Crippen molar-refractivity contribution in [3.63, 3.8) is 0 Å². The van der Waals surface area contributed by atoms with Gasteiger partial charge in [0.05, 0.1) is 11.4 Å². The first-order chi connectivity index (χ1) is 22.8. The van der Waals surface area contributed by atoms with Crippen molar-refractivity contribution < 1.29 is 4.42 Å². The van der Waals surface area contributed by atoms with Crippen LogP contribution in [0.2, 0.25) is 0 Å². The quantitative estimate of drug-likeness (QED) is 0.186. The van der Waals surface area contributed by atoms with Crippen LogP contribution in [-0.2, 0) is 0 Å². The maximum Gasteiger partial charge on any atom is 0.136 e. The van der Waals surface area contributed by atoms with Crippen molar-refractivity contribution in [3.8, 4) is 22.3 Å². The Morgan fingerprint density at radius 1 is 0.391 bits per heavy atom. The van der Waals surface area contributed by atoms with Crippen LogP contribution < -0.4 is 4.90 Å². The van der Waals surface area contributed by atoms with Crippen molar-refractivity contribution in [1.82, 2.24) is 0 Å². The molecule has 0 radical (unpaired) electrons. The van der Waals surface area contributed by atoms with Gasteiger partial charge in [0.15, 0.2) is 0 Å². The van der Waals surface area contributed by atoms with Crippen molar-refractivity contribution >= 4 is 60.5 Å². The van der Waals surface area contributed by atoms with Crippen LogP contribution >= 0.6 is 0 Å². The fourth-order valence-electron chi connectivity index (χ4n) is 7.04. The van der Waals surface area contributed by atoms with Crippen molar-refractivity contribution in [1.29, 1.82) is 0 Å². The van der Waals surface area contributed by atoms with Crippen molar-refractivity contribution in [2.75, 3.05) is 4.90 Å². The van der Waals surface area contributed by atoms with Gasteiger partial charge in [0.25, 0.3) is 0 Å². The first-order valence-electron chi connectivity index (χ1n) is 15.7. The molecule has 8 aromatic carbocycles. The molecule has 1 heterocycles. The van der Waals surface area contributed by atoms with E-state index in [1.807, 2.05) is 6.07 Å². The Morgan fingerprint density at radius 2 is 1.02 bits per heavy atom. The van der Waals surface area contributed by atoms with Gasteiger partial charge in [0, 0.05) is 27.6 Å². The van der Waals surface area contributed by atoms with E-state index in [0.717, 1.165) is 44.6 Å². The summed E-state index contributed by atoms with van der Waals surface area (Å²) in [7, 11) is 0. The predicted molar refractivity (Wildman–Crippen MR) is 194 cm³/mol. The Labute approximate surface area is 267 Å². The maximum atomic E-state index is 6.53. The van der Waals surface area contributed by atoms with Crippen LogP contribution in [0, 0.1) is 0 Å². The first-order valence-corrected chi connectivity index (χ1v) is 15.7. The number of furan rings is 1. The lowest BCUT2D eigenvalue weighted by Gasteiger charge is -2.30. The number of hydrogen-bond donors (Lipinski definition) is 0. The smallest absolute Gasteiger partial charge is 0.136 e. The zero-order chi connectivity index (χ0) is 30.5. The monoisotopic (exact) mass is 587 g/mol. The first kappa shape index (κ1) is 26.3. The summed E-state index contributed by atoms with van der Waals surface area (Å²) in [4.78, 5) is 2.42. The molecule has 0 N–H and O–H groups in total. The summed E-state index contributed by atoms with van der Waals surface area (Å²) in [6.45, 7) is 0. The van der Waals surface area contributed by atoms with E-state index < -0.39 is 0 Å². The van der Waals surface area contributed by atoms with Gasteiger partial charge in [-0.2, -0.15) is 0 Å². The Hall–Kier alpha value is -6.12. The van der Waals surface area contributed by atoms with E-state index in [-0.39, 0.29) is 0 Å². The summed E-state index contributed by atoms with van der Waals surface area (Å²) in [5.41, 5.74) is 9.72. The molecule has 46 heavy (non-hydrogen) atoms. The molecule has 0 spiro atoms.